The summed E-state index contributed by atoms with van der Waals surface area (Å²) in [6.07, 6.45) is 0. The minimum absolute atomic E-state index is 0.151. The summed E-state index contributed by atoms with van der Waals surface area (Å²) >= 11 is 0. The molecule has 0 aliphatic heterocycles. The van der Waals surface area contributed by atoms with E-state index in [0.29, 0.717) is 12.1 Å². The van der Waals surface area contributed by atoms with E-state index in [0.717, 1.165) is 11.1 Å². The fourth-order valence-corrected chi connectivity index (χ4v) is 2.77. The molecule has 0 aromatic heterocycles. The summed E-state index contributed by atoms with van der Waals surface area (Å²) in [6, 6.07) is 15.2. The summed E-state index contributed by atoms with van der Waals surface area (Å²) in [6.45, 7) is 0.467. The van der Waals surface area contributed by atoms with E-state index in [1.54, 1.807) is 19.2 Å². The lowest BCUT2D eigenvalue weighted by molar-refractivity contribution is -0.125. The van der Waals surface area contributed by atoms with Crippen LogP contribution in [0.2, 0.25) is 0 Å². The van der Waals surface area contributed by atoms with Crippen LogP contribution in [0.15, 0.2) is 54.6 Å². The van der Waals surface area contributed by atoms with Gasteiger partial charge in [0.05, 0.1) is 0 Å². The third-order valence-electron chi connectivity index (χ3n) is 4.14. The lowest BCUT2D eigenvalue weighted by Crippen LogP contribution is -2.44. The van der Waals surface area contributed by atoms with Crippen LogP contribution in [0.1, 0.15) is 27.5 Å². The van der Waals surface area contributed by atoms with Crippen LogP contribution < -0.4 is 16.0 Å². The molecule has 3 N–H and O–H groups in total. The lowest BCUT2D eigenvalue weighted by atomic mass is 10.0. The van der Waals surface area contributed by atoms with E-state index < -0.39 is 18.0 Å². The smallest absolute Gasteiger partial charge is 0.321 e. The number of nitrogens with zero attached hydrogens (tertiary/aromatic N) is 1. The molecule has 27 heavy (non-hydrogen) atoms. The first-order valence-electron chi connectivity index (χ1n) is 8.55. The molecule has 0 unspecified atom stereocenters. The van der Waals surface area contributed by atoms with E-state index in [-0.39, 0.29) is 5.91 Å². The molecule has 0 heterocycles. The molecule has 4 amide bonds. The number of carbonyl (C=O) groups excluding carboxylic acids is 3. The van der Waals surface area contributed by atoms with Crippen LogP contribution in [0.4, 0.5) is 4.79 Å². The number of likely N-dealkylation sites (N-methyl/N-ethyl adjacent to an activating group) is 1. The number of benzene rings is 2. The first-order chi connectivity index (χ1) is 13.0. The summed E-state index contributed by atoms with van der Waals surface area (Å²) in [5.41, 5.74) is 2.29. The Morgan fingerprint density at radius 3 is 2.11 bits per heavy atom. The molecule has 142 valence electrons. The van der Waals surface area contributed by atoms with Crippen LogP contribution in [0.3, 0.4) is 0 Å². The summed E-state index contributed by atoms with van der Waals surface area (Å²) in [5, 5.41) is 7.31. The zero-order valence-electron chi connectivity index (χ0n) is 15.7. The van der Waals surface area contributed by atoms with Gasteiger partial charge in [0.15, 0.2) is 0 Å². The molecule has 0 aliphatic carbocycles. The van der Waals surface area contributed by atoms with Crippen LogP contribution in [0.5, 0.6) is 0 Å². The van der Waals surface area contributed by atoms with Gasteiger partial charge >= 0.3 is 6.03 Å². The van der Waals surface area contributed by atoms with Gasteiger partial charge in [-0.2, -0.15) is 0 Å². The number of nitrogens with one attached hydrogen (secondary N) is 3. The summed E-state index contributed by atoms with van der Waals surface area (Å²) in [5.74, 6) is -0.563. The van der Waals surface area contributed by atoms with Crippen molar-refractivity contribution in [2.45, 2.75) is 12.6 Å². The molecule has 0 bridgehead atoms. The Hall–Kier alpha value is -3.19. The molecule has 7 heteroatoms. The molecule has 0 spiro atoms. The SMILES string of the molecule is CNC(=O)NC(=O)[C@@H](c1ccccc1)N(C)Cc1ccc(C(=O)NC)cc1. The van der Waals surface area contributed by atoms with Crippen molar-refractivity contribution in [3.05, 3.63) is 71.3 Å². The van der Waals surface area contributed by atoms with Gasteiger partial charge in [0.1, 0.15) is 6.04 Å². The van der Waals surface area contributed by atoms with Crippen molar-refractivity contribution in [2.24, 2.45) is 0 Å². The topological polar surface area (TPSA) is 90.5 Å². The lowest BCUT2D eigenvalue weighted by Gasteiger charge is -2.27. The monoisotopic (exact) mass is 368 g/mol. The third kappa shape index (κ3) is 5.39. The second kappa shape index (κ2) is 9.49. The van der Waals surface area contributed by atoms with Crippen molar-refractivity contribution >= 4 is 17.8 Å². The fourth-order valence-electron chi connectivity index (χ4n) is 2.77. The quantitative estimate of drug-likeness (QED) is 0.723. The summed E-state index contributed by atoms with van der Waals surface area (Å²) in [4.78, 5) is 37.7. The van der Waals surface area contributed by atoms with Gasteiger partial charge < -0.3 is 10.6 Å². The summed E-state index contributed by atoms with van der Waals surface area (Å²) in [7, 11) is 4.85. The maximum Gasteiger partial charge on any atom is 0.321 e. The van der Waals surface area contributed by atoms with Crippen molar-refractivity contribution in [1.82, 2.24) is 20.9 Å². The molecule has 7 nitrogen and oxygen atoms in total. The highest BCUT2D eigenvalue weighted by Crippen LogP contribution is 2.22. The molecule has 1 atom stereocenters. The molecule has 0 saturated heterocycles. The number of rotatable bonds is 6. The van der Waals surface area contributed by atoms with Crippen molar-refractivity contribution in [2.75, 3.05) is 21.1 Å². The third-order valence-corrected chi connectivity index (χ3v) is 4.14. The molecule has 0 saturated carbocycles. The number of imide groups is 1. The number of carbonyl (C=O) groups is 3. The van der Waals surface area contributed by atoms with Crippen LogP contribution in [0, 0.1) is 0 Å². The van der Waals surface area contributed by atoms with Gasteiger partial charge in [-0.25, -0.2) is 4.79 Å². The molecule has 0 aliphatic rings. The van der Waals surface area contributed by atoms with Gasteiger partial charge in [-0.1, -0.05) is 42.5 Å². The van der Waals surface area contributed by atoms with E-state index in [2.05, 4.69) is 16.0 Å². The molecular weight excluding hydrogens is 344 g/mol. The minimum atomic E-state index is -0.637. The first-order valence-corrected chi connectivity index (χ1v) is 8.55. The van der Waals surface area contributed by atoms with E-state index in [1.165, 1.54) is 7.05 Å². The Morgan fingerprint density at radius 1 is 0.926 bits per heavy atom. The van der Waals surface area contributed by atoms with Crippen molar-refractivity contribution in [3.8, 4) is 0 Å². The minimum Gasteiger partial charge on any atom is -0.355 e. The highest BCUT2D eigenvalue weighted by molar-refractivity contribution is 5.97. The molecule has 2 aromatic rings. The van der Waals surface area contributed by atoms with Gasteiger partial charge in [0.25, 0.3) is 5.91 Å². The second-order valence-corrected chi connectivity index (χ2v) is 6.07. The second-order valence-electron chi connectivity index (χ2n) is 6.07. The summed E-state index contributed by atoms with van der Waals surface area (Å²) < 4.78 is 0. The van der Waals surface area contributed by atoms with E-state index >= 15 is 0 Å². The molecule has 2 aromatic carbocycles. The van der Waals surface area contributed by atoms with Gasteiger partial charge in [-0.05, 0) is 30.3 Å². The van der Waals surface area contributed by atoms with E-state index in [9.17, 15) is 14.4 Å². The van der Waals surface area contributed by atoms with Gasteiger partial charge in [-0.15, -0.1) is 0 Å². The fraction of sp³-hybridized carbons (Fsp3) is 0.250. The van der Waals surface area contributed by atoms with Crippen LogP contribution in [-0.2, 0) is 11.3 Å². The molecule has 0 fully saturated rings. The zero-order valence-corrected chi connectivity index (χ0v) is 15.7. The maximum absolute atomic E-state index is 12.7. The Labute approximate surface area is 158 Å². The number of urea groups is 1. The van der Waals surface area contributed by atoms with Crippen LogP contribution in [0.25, 0.3) is 0 Å². The molecular formula is C20H24N4O3. The molecule has 0 radical (unpaired) electrons. The highest BCUT2D eigenvalue weighted by Gasteiger charge is 2.26. The van der Waals surface area contributed by atoms with Crippen LogP contribution >= 0.6 is 0 Å². The molecule has 2 rings (SSSR count). The van der Waals surface area contributed by atoms with Crippen LogP contribution in [-0.4, -0.2) is 43.9 Å². The van der Waals surface area contributed by atoms with Crippen molar-refractivity contribution < 1.29 is 14.4 Å². The standard InChI is InChI=1S/C20H24N4O3/c1-21-18(25)16-11-9-14(10-12-16)13-24(3)17(15-7-5-4-6-8-15)19(26)23-20(27)22-2/h4-12,17H,13H2,1-3H3,(H,21,25)(H2,22,23,26,27)/t17-/m1/s1. The van der Waals surface area contributed by atoms with Gasteiger partial charge in [0.2, 0.25) is 5.91 Å². The first kappa shape index (κ1) is 20.1. The van der Waals surface area contributed by atoms with Gasteiger partial charge in [0, 0.05) is 26.2 Å². The van der Waals surface area contributed by atoms with E-state index in [1.807, 2.05) is 54.4 Å². The van der Waals surface area contributed by atoms with Crippen molar-refractivity contribution in [1.29, 1.82) is 0 Å². The average Bonchev–Trinajstić information content (AvgIpc) is 2.68. The number of amides is 4. The Balaban J connectivity index is 2.20. The Kier molecular flexibility index (Phi) is 7.08. The Morgan fingerprint density at radius 2 is 1.56 bits per heavy atom. The predicted molar refractivity (Wildman–Crippen MR) is 103 cm³/mol. The van der Waals surface area contributed by atoms with Gasteiger partial charge in [-0.3, -0.25) is 19.8 Å². The highest BCUT2D eigenvalue weighted by atomic mass is 16.2. The normalized spacial score (nSPS) is 11.6. The average molecular weight is 368 g/mol. The van der Waals surface area contributed by atoms with Crippen molar-refractivity contribution in [3.63, 3.8) is 0 Å². The van der Waals surface area contributed by atoms with E-state index in [4.69, 9.17) is 0 Å². The maximum atomic E-state index is 12.7. The zero-order chi connectivity index (χ0) is 19.8. The number of hydrogen-bond donors (Lipinski definition) is 3. The Bertz CT molecular complexity index is 791. The predicted octanol–water partition coefficient (Wildman–Crippen LogP) is 1.67. The number of hydrogen-bond acceptors (Lipinski definition) is 4. The largest absolute Gasteiger partial charge is 0.355 e.